The molecule has 154 valence electrons. The Morgan fingerprint density at radius 2 is 1.66 bits per heavy atom. The molecule has 1 heterocycles. The molecule has 29 heavy (non-hydrogen) atoms. The Morgan fingerprint density at radius 3 is 2.07 bits per heavy atom. The Bertz CT molecular complexity index is 796. The molecule has 3 rings (SSSR count). The molecule has 0 bridgehead atoms. The van der Waals surface area contributed by atoms with Crippen LogP contribution in [0.3, 0.4) is 0 Å². The molecule has 7 heteroatoms. The average molecular weight is 412 g/mol. The Balaban J connectivity index is 2.14. The number of benzene rings is 2. The van der Waals surface area contributed by atoms with Gasteiger partial charge < -0.3 is 14.3 Å². The molecule has 1 unspecified atom stereocenters. The lowest BCUT2D eigenvalue weighted by Crippen LogP contribution is -2.68. The summed E-state index contributed by atoms with van der Waals surface area (Å²) in [5, 5.41) is 15.8. The van der Waals surface area contributed by atoms with Gasteiger partial charge in [0.15, 0.2) is 6.29 Å². The predicted molar refractivity (Wildman–Crippen MR) is 117 cm³/mol. The van der Waals surface area contributed by atoms with Crippen LogP contribution in [-0.2, 0) is 9.16 Å². The van der Waals surface area contributed by atoms with Crippen LogP contribution >= 0.6 is 0 Å². The van der Waals surface area contributed by atoms with Crippen molar-refractivity contribution in [2.75, 3.05) is 6.54 Å². The van der Waals surface area contributed by atoms with Gasteiger partial charge in [-0.15, -0.1) is 0 Å². The molecule has 0 amide bonds. The third kappa shape index (κ3) is 4.55. The maximum atomic E-state index is 9.90. The van der Waals surface area contributed by atoms with Crippen LogP contribution in [0.15, 0.2) is 65.8 Å². The zero-order valence-electron chi connectivity index (χ0n) is 17.2. The minimum atomic E-state index is -2.80. The number of hydrogen-bond acceptors (Lipinski definition) is 4. The van der Waals surface area contributed by atoms with Gasteiger partial charge in [0.05, 0.1) is 18.8 Å². The van der Waals surface area contributed by atoms with Gasteiger partial charge in [0.2, 0.25) is 0 Å². The van der Waals surface area contributed by atoms with Crippen molar-refractivity contribution in [3.8, 4) is 0 Å². The second-order valence-electron chi connectivity index (χ2n) is 8.44. The first kappa shape index (κ1) is 21.6. The van der Waals surface area contributed by atoms with Crippen LogP contribution in [0.2, 0.25) is 5.04 Å². The number of aliphatic hydroxyl groups excluding tert-OH is 1. The molecule has 1 N–H and O–H groups in total. The lowest BCUT2D eigenvalue weighted by atomic mass is 10.1. The Labute approximate surface area is 173 Å². The highest BCUT2D eigenvalue weighted by molar-refractivity contribution is 6.99. The van der Waals surface area contributed by atoms with Crippen LogP contribution in [0.5, 0.6) is 0 Å². The number of azide groups is 1. The van der Waals surface area contributed by atoms with Crippen LogP contribution in [0.25, 0.3) is 10.4 Å². The third-order valence-electron chi connectivity index (χ3n) is 5.51. The first-order valence-electron chi connectivity index (χ1n) is 10.0. The maximum Gasteiger partial charge on any atom is 0.261 e. The van der Waals surface area contributed by atoms with E-state index in [2.05, 4.69) is 55.1 Å². The van der Waals surface area contributed by atoms with Gasteiger partial charge in [-0.25, -0.2) is 0 Å². The van der Waals surface area contributed by atoms with Crippen molar-refractivity contribution in [3.63, 3.8) is 0 Å². The van der Waals surface area contributed by atoms with Crippen molar-refractivity contribution in [3.05, 3.63) is 71.1 Å². The molecule has 0 aliphatic carbocycles. The standard InChI is InChI=1S/C22H29N3O3Si/c1-22(2,3)29(17-10-6-4-7-11-17,18-12-8-5-9-13-18)28-20(16-24-25-23)19-14-15-21(26)27-19/h4-13,19-21,26H,14-16H2,1-3H3/t19-,20+,21?/m0/s1. The van der Waals surface area contributed by atoms with Gasteiger partial charge in [0, 0.05) is 11.3 Å². The largest absolute Gasteiger partial charge is 0.402 e. The molecule has 0 spiro atoms. The van der Waals surface area contributed by atoms with Crippen LogP contribution in [0.1, 0.15) is 33.6 Å². The SMILES string of the molecule is CC(C)(C)[Si](O[C@H](CN=[N+]=[N-])[C@@H]1CCC(O)O1)(c1ccccc1)c1ccccc1. The Morgan fingerprint density at radius 1 is 1.10 bits per heavy atom. The fraction of sp³-hybridized carbons (Fsp3) is 0.455. The molecule has 2 aromatic carbocycles. The van der Waals surface area contributed by atoms with Crippen molar-refractivity contribution in [2.45, 2.75) is 57.1 Å². The van der Waals surface area contributed by atoms with E-state index in [0.717, 1.165) is 10.4 Å². The smallest absolute Gasteiger partial charge is 0.261 e. The van der Waals surface area contributed by atoms with Crippen molar-refractivity contribution in [1.29, 1.82) is 0 Å². The summed E-state index contributed by atoms with van der Waals surface area (Å²) in [5.41, 5.74) is 8.93. The molecule has 1 aliphatic rings. The summed E-state index contributed by atoms with van der Waals surface area (Å²) in [7, 11) is -2.80. The van der Waals surface area contributed by atoms with E-state index in [1.54, 1.807) is 0 Å². The molecule has 0 saturated carbocycles. The van der Waals surface area contributed by atoms with Crippen molar-refractivity contribution < 1.29 is 14.3 Å². The highest BCUT2D eigenvalue weighted by Crippen LogP contribution is 2.39. The lowest BCUT2D eigenvalue weighted by Gasteiger charge is -2.45. The van der Waals surface area contributed by atoms with Gasteiger partial charge in [0.1, 0.15) is 0 Å². The van der Waals surface area contributed by atoms with E-state index in [1.807, 2.05) is 36.4 Å². The van der Waals surface area contributed by atoms with E-state index in [0.29, 0.717) is 12.8 Å². The molecule has 1 fully saturated rings. The summed E-state index contributed by atoms with van der Waals surface area (Å²) in [6.45, 7) is 6.77. The number of rotatable bonds is 7. The molecule has 0 radical (unpaired) electrons. The summed E-state index contributed by atoms with van der Waals surface area (Å²) in [6.07, 6.45) is -0.310. The average Bonchev–Trinajstić information content (AvgIpc) is 3.15. The lowest BCUT2D eigenvalue weighted by molar-refractivity contribution is -0.115. The van der Waals surface area contributed by atoms with Crippen LogP contribution in [0.4, 0.5) is 0 Å². The van der Waals surface area contributed by atoms with Gasteiger partial charge in [-0.2, -0.15) is 0 Å². The first-order valence-corrected chi connectivity index (χ1v) is 11.9. The van der Waals surface area contributed by atoms with Gasteiger partial charge in [-0.3, -0.25) is 0 Å². The Hall–Kier alpha value is -2.15. The molecule has 3 atom stereocenters. The molecular formula is C22H29N3O3Si. The van der Waals surface area contributed by atoms with Gasteiger partial charge in [-0.05, 0) is 27.4 Å². The normalized spacial score (nSPS) is 20.8. The fourth-order valence-corrected chi connectivity index (χ4v) is 8.88. The van der Waals surface area contributed by atoms with Crippen LogP contribution < -0.4 is 10.4 Å². The quantitative estimate of drug-likeness (QED) is 0.326. The summed E-state index contributed by atoms with van der Waals surface area (Å²) in [5.74, 6) is 0. The van der Waals surface area contributed by atoms with Gasteiger partial charge in [0.25, 0.3) is 8.32 Å². The van der Waals surface area contributed by atoms with E-state index in [9.17, 15) is 5.11 Å². The van der Waals surface area contributed by atoms with Crippen molar-refractivity contribution in [2.24, 2.45) is 5.11 Å². The van der Waals surface area contributed by atoms with E-state index >= 15 is 0 Å². The van der Waals surface area contributed by atoms with Crippen LogP contribution in [0, 0.1) is 0 Å². The van der Waals surface area contributed by atoms with E-state index in [1.165, 1.54) is 0 Å². The van der Waals surface area contributed by atoms with Crippen molar-refractivity contribution >= 4 is 18.7 Å². The van der Waals surface area contributed by atoms with Gasteiger partial charge in [-0.1, -0.05) is 86.5 Å². The summed E-state index contributed by atoms with van der Waals surface area (Å²) < 4.78 is 12.8. The Kier molecular flexibility index (Phi) is 6.77. The van der Waals surface area contributed by atoms with Gasteiger partial charge >= 0.3 is 0 Å². The van der Waals surface area contributed by atoms with E-state index in [4.69, 9.17) is 14.7 Å². The van der Waals surface area contributed by atoms with Crippen molar-refractivity contribution in [1.82, 2.24) is 0 Å². The van der Waals surface area contributed by atoms with Crippen LogP contribution in [-0.4, -0.2) is 38.5 Å². The third-order valence-corrected chi connectivity index (χ3v) is 10.6. The summed E-state index contributed by atoms with van der Waals surface area (Å²) in [4.78, 5) is 2.95. The number of aliphatic hydroxyl groups is 1. The van der Waals surface area contributed by atoms with E-state index in [-0.39, 0.29) is 17.7 Å². The number of hydrogen-bond donors (Lipinski definition) is 1. The zero-order valence-corrected chi connectivity index (χ0v) is 18.2. The number of nitrogens with zero attached hydrogens (tertiary/aromatic N) is 3. The molecular weight excluding hydrogens is 382 g/mol. The topological polar surface area (TPSA) is 87.5 Å². The molecule has 2 aromatic rings. The molecule has 0 aromatic heterocycles. The first-order chi connectivity index (χ1) is 13.9. The predicted octanol–water partition coefficient (Wildman–Crippen LogP) is 3.74. The second-order valence-corrected chi connectivity index (χ2v) is 12.7. The second kappa shape index (κ2) is 9.11. The minimum Gasteiger partial charge on any atom is -0.402 e. The van der Waals surface area contributed by atoms with E-state index < -0.39 is 20.7 Å². The highest BCUT2D eigenvalue weighted by atomic mass is 28.4. The minimum absolute atomic E-state index is 0.165. The monoisotopic (exact) mass is 411 g/mol. The summed E-state index contributed by atoms with van der Waals surface area (Å²) >= 11 is 0. The molecule has 1 saturated heterocycles. The highest BCUT2D eigenvalue weighted by Gasteiger charge is 2.52. The molecule has 1 aliphatic heterocycles. The summed E-state index contributed by atoms with van der Waals surface area (Å²) in [6, 6.07) is 20.6. The maximum absolute atomic E-state index is 9.90. The zero-order chi connectivity index (χ0) is 20.9. The molecule has 6 nitrogen and oxygen atoms in total. The fourth-order valence-electron chi connectivity index (χ4n) is 4.18. The number of ether oxygens (including phenoxy) is 1.